The van der Waals surface area contributed by atoms with Crippen LogP contribution >= 0.6 is 46.4 Å². The number of aliphatic hydroxyl groups excluding tert-OH is 1. The highest BCUT2D eigenvalue weighted by Crippen LogP contribution is 2.45. The van der Waals surface area contributed by atoms with Gasteiger partial charge in [-0.25, -0.2) is 0 Å². The second-order valence-electron chi connectivity index (χ2n) is 4.00. The van der Waals surface area contributed by atoms with Gasteiger partial charge < -0.3 is 15.0 Å². The first kappa shape index (κ1) is 16.3. The van der Waals surface area contributed by atoms with Crippen LogP contribution in [0.25, 0.3) is 0 Å². The second kappa shape index (κ2) is 5.62. The fourth-order valence-electron chi connectivity index (χ4n) is 1.91. The molecule has 112 valence electrons. The number of benzene rings is 1. The zero-order chi connectivity index (χ0) is 16.1. The summed E-state index contributed by atoms with van der Waals surface area (Å²) in [4.78, 5) is 35.6. The number of carbonyl (C=O) groups is 3. The van der Waals surface area contributed by atoms with Gasteiger partial charge in [-0.3, -0.25) is 14.5 Å². The maximum absolute atomic E-state index is 12.2. The summed E-state index contributed by atoms with van der Waals surface area (Å²) in [6, 6.07) is -1.87. The third-order valence-corrected chi connectivity index (χ3v) is 4.69. The molecular weight excluding hydrogens is 368 g/mol. The van der Waals surface area contributed by atoms with Crippen LogP contribution in [0, 0.1) is 0 Å². The first-order valence-electron chi connectivity index (χ1n) is 5.29. The number of rotatable bonds is 3. The van der Waals surface area contributed by atoms with E-state index in [9.17, 15) is 19.5 Å². The van der Waals surface area contributed by atoms with Crippen molar-refractivity contribution in [2.45, 2.75) is 6.04 Å². The molecule has 6 nitrogen and oxygen atoms in total. The van der Waals surface area contributed by atoms with Crippen molar-refractivity contribution in [1.29, 1.82) is 0 Å². The molecule has 0 spiro atoms. The van der Waals surface area contributed by atoms with Crippen LogP contribution < -0.4 is 5.11 Å². The minimum atomic E-state index is -1.87. The van der Waals surface area contributed by atoms with Gasteiger partial charge in [-0.1, -0.05) is 46.4 Å². The molecule has 10 heteroatoms. The van der Waals surface area contributed by atoms with Crippen LogP contribution in [0.15, 0.2) is 0 Å². The third kappa shape index (κ3) is 2.27. The van der Waals surface area contributed by atoms with Gasteiger partial charge >= 0.3 is 0 Å². The summed E-state index contributed by atoms with van der Waals surface area (Å²) in [6.07, 6.45) is 0. The van der Waals surface area contributed by atoms with E-state index in [-0.39, 0.29) is 31.2 Å². The molecule has 0 fully saturated rings. The van der Waals surface area contributed by atoms with E-state index in [1.54, 1.807) is 0 Å². The van der Waals surface area contributed by atoms with Crippen molar-refractivity contribution in [2.75, 3.05) is 6.61 Å². The molecule has 2 rings (SSSR count). The highest BCUT2D eigenvalue weighted by Gasteiger charge is 2.44. The van der Waals surface area contributed by atoms with Crippen LogP contribution in [-0.4, -0.2) is 40.4 Å². The van der Waals surface area contributed by atoms with Crippen LogP contribution in [-0.2, 0) is 4.79 Å². The van der Waals surface area contributed by atoms with Crippen LogP contribution in [0.5, 0.6) is 0 Å². The molecule has 21 heavy (non-hydrogen) atoms. The average molecular weight is 372 g/mol. The largest absolute Gasteiger partial charge is 0.548 e. The number of aliphatic carboxylic acids is 1. The number of carboxylic acid groups (broad SMARTS) is 1. The van der Waals surface area contributed by atoms with Gasteiger partial charge in [0, 0.05) is 0 Å². The predicted octanol–water partition coefficient (Wildman–Crippen LogP) is 1.01. The molecule has 0 aliphatic carbocycles. The molecule has 1 unspecified atom stereocenters. The Morgan fingerprint density at radius 1 is 1.00 bits per heavy atom. The van der Waals surface area contributed by atoms with Gasteiger partial charge in [-0.2, -0.15) is 0 Å². The highest BCUT2D eigenvalue weighted by atomic mass is 35.5. The molecule has 1 N–H and O–H groups in total. The quantitative estimate of drug-likeness (QED) is 0.485. The number of halogens is 4. The van der Waals surface area contributed by atoms with Crippen molar-refractivity contribution in [1.82, 2.24) is 4.90 Å². The summed E-state index contributed by atoms with van der Waals surface area (Å²) in [6.45, 7) is -1.02. The van der Waals surface area contributed by atoms with Crippen molar-refractivity contribution in [3.05, 3.63) is 31.2 Å². The molecule has 1 atom stereocenters. The molecule has 0 radical (unpaired) electrons. The number of hydrogen-bond donors (Lipinski definition) is 1. The molecule has 1 aliphatic rings. The lowest BCUT2D eigenvalue weighted by Crippen LogP contribution is -2.52. The van der Waals surface area contributed by atoms with E-state index in [0.29, 0.717) is 4.90 Å². The van der Waals surface area contributed by atoms with E-state index in [2.05, 4.69) is 0 Å². The van der Waals surface area contributed by atoms with Crippen LogP contribution in [0.1, 0.15) is 20.7 Å². The molecule has 2 amide bonds. The maximum Gasteiger partial charge on any atom is 0.263 e. The van der Waals surface area contributed by atoms with Crippen LogP contribution in [0.3, 0.4) is 0 Å². The predicted molar refractivity (Wildman–Crippen MR) is 72.9 cm³/mol. The number of fused-ring (bicyclic) bond motifs is 1. The van der Waals surface area contributed by atoms with Crippen molar-refractivity contribution < 1.29 is 24.6 Å². The molecular formula is C11H4Cl4NO5-. The molecule has 0 saturated heterocycles. The number of hydrogen-bond acceptors (Lipinski definition) is 5. The van der Waals surface area contributed by atoms with Crippen molar-refractivity contribution in [3.63, 3.8) is 0 Å². The smallest absolute Gasteiger partial charge is 0.263 e. The lowest BCUT2D eigenvalue weighted by molar-refractivity contribution is -0.311. The van der Waals surface area contributed by atoms with Gasteiger partial charge in [0.2, 0.25) is 0 Å². The second-order valence-corrected chi connectivity index (χ2v) is 5.52. The van der Waals surface area contributed by atoms with E-state index in [4.69, 9.17) is 51.5 Å². The molecule has 1 heterocycles. The Hall–Kier alpha value is -1.05. The van der Waals surface area contributed by atoms with E-state index >= 15 is 0 Å². The zero-order valence-electron chi connectivity index (χ0n) is 9.82. The van der Waals surface area contributed by atoms with E-state index < -0.39 is 30.4 Å². The maximum atomic E-state index is 12.2. The monoisotopic (exact) mass is 370 g/mol. The minimum Gasteiger partial charge on any atom is -0.548 e. The molecule has 0 bridgehead atoms. The molecule has 0 saturated carbocycles. The lowest BCUT2D eigenvalue weighted by Gasteiger charge is -2.24. The first-order chi connectivity index (χ1) is 9.73. The van der Waals surface area contributed by atoms with Crippen molar-refractivity contribution in [3.8, 4) is 0 Å². The Balaban J connectivity index is 2.71. The molecule has 0 aromatic heterocycles. The summed E-state index contributed by atoms with van der Waals surface area (Å²) in [5.74, 6) is -3.91. The van der Waals surface area contributed by atoms with Gasteiger partial charge in [0.05, 0.1) is 43.8 Å². The van der Waals surface area contributed by atoms with Crippen LogP contribution in [0.4, 0.5) is 0 Å². The van der Waals surface area contributed by atoms with Crippen molar-refractivity contribution in [2.24, 2.45) is 0 Å². The molecule has 1 aromatic carbocycles. The van der Waals surface area contributed by atoms with Gasteiger partial charge in [0.15, 0.2) is 0 Å². The number of aliphatic hydroxyl groups is 1. The number of carbonyl (C=O) groups excluding carboxylic acids is 3. The number of carboxylic acids is 1. The molecule has 1 aromatic rings. The Morgan fingerprint density at radius 2 is 1.38 bits per heavy atom. The Morgan fingerprint density at radius 3 is 1.67 bits per heavy atom. The average Bonchev–Trinajstić information content (AvgIpc) is 2.68. The molecule has 1 aliphatic heterocycles. The zero-order valence-corrected chi connectivity index (χ0v) is 12.8. The number of imide groups is 1. The number of amides is 2. The van der Waals surface area contributed by atoms with Crippen LogP contribution in [0.2, 0.25) is 20.1 Å². The van der Waals surface area contributed by atoms with E-state index in [1.807, 2.05) is 0 Å². The number of nitrogens with zero attached hydrogens (tertiary/aromatic N) is 1. The van der Waals surface area contributed by atoms with Gasteiger partial charge in [-0.05, 0) is 0 Å². The Kier molecular flexibility index (Phi) is 4.37. The van der Waals surface area contributed by atoms with Gasteiger partial charge in [-0.15, -0.1) is 0 Å². The summed E-state index contributed by atoms with van der Waals surface area (Å²) >= 11 is 23.3. The SMILES string of the molecule is O=C([O-])C(CO)N1C(=O)c2c(Cl)c(Cl)c(Cl)c(Cl)c2C1=O. The standard InChI is InChI=1S/C11H5Cl4NO5/c12-5-3-4(6(13)8(15)7(5)14)10(19)16(9(3)18)2(1-17)11(20)21/h2,17H,1H2,(H,20,21)/p-1. The summed E-state index contributed by atoms with van der Waals surface area (Å²) in [5, 5.41) is 18.8. The normalized spacial score (nSPS) is 15.4. The topological polar surface area (TPSA) is 97.7 Å². The van der Waals surface area contributed by atoms with Gasteiger partial charge in [0.25, 0.3) is 11.8 Å². The Labute approximate surface area is 137 Å². The van der Waals surface area contributed by atoms with E-state index in [1.165, 1.54) is 0 Å². The first-order valence-corrected chi connectivity index (χ1v) is 6.80. The van der Waals surface area contributed by atoms with Crippen molar-refractivity contribution >= 4 is 64.2 Å². The summed E-state index contributed by atoms with van der Waals surface area (Å²) in [5.41, 5.74) is -0.721. The fraction of sp³-hybridized carbons (Fsp3) is 0.182. The summed E-state index contributed by atoms with van der Waals surface area (Å²) < 4.78 is 0. The highest BCUT2D eigenvalue weighted by molar-refractivity contribution is 6.55. The fourth-order valence-corrected chi connectivity index (χ4v) is 2.93. The minimum absolute atomic E-state index is 0.237. The van der Waals surface area contributed by atoms with E-state index in [0.717, 1.165) is 0 Å². The summed E-state index contributed by atoms with van der Waals surface area (Å²) in [7, 11) is 0. The van der Waals surface area contributed by atoms with Gasteiger partial charge in [0.1, 0.15) is 6.04 Å². The third-order valence-electron chi connectivity index (χ3n) is 2.89. The lowest BCUT2D eigenvalue weighted by atomic mass is 10.1. The Bertz CT molecular complexity index is 643.